The first-order valence-corrected chi connectivity index (χ1v) is 11.7. The van der Waals surface area contributed by atoms with Crippen LogP contribution in [-0.4, -0.2) is 62.5 Å². The highest BCUT2D eigenvalue weighted by molar-refractivity contribution is 6.24. The fourth-order valence-electron chi connectivity index (χ4n) is 4.62. The number of amides is 1. The Morgan fingerprint density at radius 1 is 1.17 bits per heavy atom. The average molecular weight is 475 g/mol. The lowest BCUT2D eigenvalue weighted by Gasteiger charge is -2.36. The van der Waals surface area contributed by atoms with E-state index >= 15 is 0 Å². The van der Waals surface area contributed by atoms with Gasteiger partial charge < -0.3 is 25.7 Å². The number of nitrogens with one attached hydrogen (secondary N) is 2. The molecule has 1 amide bonds. The average Bonchev–Trinajstić information content (AvgIpc) is 3.46. The van der Waals surface area contributed by atoms with Gasteiger partial charge in [-0.1, -0.05) is 0 Å². The maximum Gasteiger partial charge on any atom is 0.261 e. The summed E-state index contributed by atoms with van der Waals surface area (Å²) in [6, 6.07) is 5.76. The van der Waals surface area contributed by atoms with Crippen molar-refractivity contribution in [2.75, 3.05) is 36.4 Å². The first-order chi connectivity index (χ1) is 16.9. The lowest BCUT2D eigenvalue weighted by molar-refractivity contribution is -0.111. The summed E-state index contributed by atoms with van der Waals surface area (Å²) in [5, 5.41) is 3.07. The maximum absolute atomic E-state index is 13.2. The standard InChI is InChI=1S/C25H30N8O2/c1-25(2)14-17-12-19(31-24(34)18(15-26)23-29-4-3-5-30-23)20(13-21(17)35-25)33-10-8-32(9-11-33)16-22-27-6-7-28-22/h3-7,12-13,15H,8-11,14,16,26H2,1-2H3,(H,27,28)(H,31,34). The number of hydrogen-bond acceptors (Lipinski definition) is 8. The molecule has 4 N–H and O–H groups in total. The van der Waals surface area contributed by atoms with E-state index < -0.39 is 0 Å². The van der Waals surface area contributed by atoms with E-state index in [0.717, 1.165) is 67.7 Å². The number of nitrogens with two attached hydrogens (primary N) is 1. The molecule has 0 spiro atoms. The van der Waals surface area contributed by atoms with Crippen LogP contribution in [-0.2, 0) is 17.8 Å². The van der Waals surface area contributed by atoms with Crippen LogP contribution in [0, 0.1) is 0 Å². The molecular formula is C25H30N8O2. The fourth-order valence-corrected chi connectivity index (χ4v) is 4.62. The third-order valence-corrected chi connectivity index (χ3v) is 6.29. The van der Waals surface area contributed by atoms with Crippen LogP contribution in [0.4, 0.5) is 11.4 Å². The summed E-state index contributed by atoms with van der Waals surface area (Å²) in [4.78, 5) is 33.7. The van der Waals surface area contributed by atoms with Crippen LogP contribution in [0.2, 0.25) is 0 Å². The number of hydrogen-bond donors (Lipinski definition) is 3. The number of rotatable bonds is 6. The quantitative estimate of drug-likeness (QED) is 0.464. The third-order valence-electron chi connectivity index (χ3n) is 6.29. The van der Waals surface area contributed by atoms with Crippen molar-refractivity contribution >= 4 is 22.9 Å². The summed E-state index contributed by atoms with van der Waals surface area (Å²) in [6.07, 6.45) is 8.80. The van der Waals surface area contributed by atoms with Crippen molar-refractivity contribution in [3.63, 3.8) is 0 Å². The molecule has 0 bridgehead atoms. The molecule has 2 aliphatic heterocycles. The van der Waals surface area contributed by atoms with Crippen LogP contribution in [0.25, 0.3) is 5.57 Å². The molecule has 0 unspecified atom stereocenters. The number of anilines is 2. The van der Waals surface area contributed by atoms with Gasteiger partial charge in [-0.25, -0.2) is 15.0 Å². The van der Waals surface area contributed by atoms with E-state index in [1.54, 1.807) is 24.7 Å². The molecule has 10 nitrogen and oxygen atoms in total. The summed E-state index contributed by atoms with van der Waals surface area (Å²) in [5.74, 6) is 1.76. The van der Waals surface area contributed by atoms with Crippen LogP contribution in [0.5, 0.6) is 5.75 Å². The van der Waals surface area contributed by atoms with E-state index in [2.05, 4.69) is 48.9 Å². The van der Waals surface area contributed by atoms with Crippen molar-refractivity contribution in [1.82, 2.24) is 24.8 Å². The first kappa shape index (κ1) is 22.9. The lowest BCUT2D eigenvalue weighted by atomic mass is 10.0. The van der Waals surface area contributed by atoms with Gasteiger partial charge in [-0.3, -0.25) is 9.69 Å². The third kappa shape index (κ3) is 4.97. The van der Waals surface area contributed by atoms with E-state index in [1.165, 1.54) is 6.20 Å². The van der Waals surface area contributed by atoms with Crippen LogP contribution in [0.1, 0.15) is 31.1 Å². The smallest absolute Gasteiger partial charge is 0.261 e. The van der Waals surface area contributed by atoms with Crippen molar-refractivity contribution in [2.24, 2.45) is 5.73 Å². The number of aromatic nitrogens is 4. The fraction of sp³-hybridized carbons (Fsp3) is 0.360. The monoisotopic (exact) mass is 474 g/mol. The van der Waals surface area contributed by atoms with E-state index in [-0.39, 0.29) is 22.9 Å². The molecule has 4 heterocycles. The van der Waals surface area contributed by atoms with E-state index in [9.17, 15) is 4.79 Å². The lowest BCUT2D eigenvalue weighted by Crippen LogP contribution is -2.46. The number of H-pyrrole nitrogens is 1. The minimum atomic E-state index is -0.352. The number of imidazole rings is 1. The van der Waals surface area contributed by atoms with E-state index in [4.69, 9.17) is 10.5 Å². The van der Waals surface area contributed by atoms with Gasteiger partial charge >= 0.3 is 0 Å². The Hall–Kier alpha value is -3.92. The molecule has 2 aromatic heterocycles. The second-order valence-electron chi connectivity index (χ2n) is 9.42. The molecule has 0 radical (unpaired) electrons. The minimum Gasteiger partial charge on any atom is -0.487 e. The highest BCUT2D eigenvalue weighted by Gasteiger charge is 2.32. The van der Waals surface area contributed by atoms with Crippen molar-refractivity contribution < 1.29 is 9.53 Å². The van der Waals surface area contributed by atoms with Gasteiger partial charge in [0.15, 0.2) is 5.82 Å². The second-order valence-corrected chi connectivity index (χ2v) is 9.42. The molecular weight excluding hydrogens is 444 g/mol. The molecule has 0 saturated carbocycles. The van der Waals surface area contributed by atoms with E-state index in [0.29, 0.717) is 0 Å². The summed E-state index contributed by atoms with van der Waals surface area (Å²) in [6.45, 7) is 8.31. The van der Waals surface area contributed by atoms with Gasteiger partial charge in [-0.2, -0.15) is 0 Å². The van der Waals surface area contributed by atoms with Gasteiger partial charge in [-0.15, -0.1) is 0 Å². The first-order valence-electron chi connectivity index (χ1n) is 11.7. The number of aromatic amines is 1. The van der Waals surface area contributed by atoms with E-state index in [1.807, 2.05) is 18.3 Å². The normalized spacial score (nSPS) is 17.7. The number of carbonyl (C=O) groups is 1. The Labute approximate surface area is 204 Å². The number of fused-ring (bicyclic) bond motifs is 1. The molecule has 5 rings (SSSR count). The minimum absolute atomic E-state index is 0.219. The Kier molecular flexibility index (Phi) is 6.12. The number of ether oxygens (including phenoxy) is 1. The van der Waals surface area contributed by atoms with Crippen LogP contribution in [0.15, 0.2) is 49.2 Å². The van der Waals surface area contributed by atoms with Crippen molar-refractivity contribution in [3.05, 3.63) is 66.4 Å². The molecule has 1 fully saturated rings. The SMILES string of the molecule is CC1(C)Cc2cc(NC(=O)C(=CN)c3ncccn3)c(N3CCN(Cc4ncc[nH]4)CC3)cc2O1. The predicted octanol–water partition coefficient (Wildman–Crippen LogP) is 2.17. The zero-order valence-corrected chi connectivity index (χ0v) is 20.0. The zero-order valence-electron chi connectivity index (χ0n) is 20.0. The Morgan fingerprint density at radius 3 is 2.63 bits per heavy atom. The topological polar surface area (TPSA) is 125 Å². The molecule has 1 saturated heterocycles. The molecule has 182 valence electrons. The molecule has 0 aliphatic carbocycles. The predicted molar refractivity (Wildman–Crippen MR) is 134 cm³/mol. The van der Waals surface area contributed by atoms with Gasteiger partial charge in [0.05, 0.1) is 23.5 Å². The van der Waals surface area contributed by atoms with Gasteiger partial charge in [0.2, 0.25) is 0 Å². The highest BCUT2D eigenvalue weighted by atomic mass is 16.5. The largest absolute Gasteiger partial charge is 0.487 e. The van der Waals surface area contributed by atoms with Crippen LogP contribution < -0.4 is 20.7 Å². The Bertz CT molecular complexity index is 1220. The van der Waals surface area contributed by atoms with Crippen molar-refractivity contribution in [3.8, 4) is 5.75 Å². The highest BCUT2D eigenvalue weighted by Crippen LogP contribution is 2.42. The molecule has 0 atom stereocenters. The van der Waals surface area contributed by atoms with Crippen LogP contribution >= 0.6 is 0 Å². The number of nitrogens with zero attached hydrogens (tertiary/aromatic N) is 5. The maximum atomic E-state index is 13.2. The Morgan fingerprint density at radius 2 is 1.94 bits per heavy atom. The van der Waals surface area contributed by atoms with Crippen LogP contribution in [0.3, 0.4) is 0 Å². The van der Waals surface area contributed by atoms with Gasteiger partial charge in [-0.05, 0) is 26.0 Å². The zero-order chi connectivity index (χ0) is 24.4. The molecule has 2 aliphatic rings. The summed E-state index contributed by atoms with van der Waals surface area (Å²) < 4.78 is 6.20. The molecule has 3 aromatic rings. The summed E-state index contributed by atoms with van der Waals surface area (Å²) >= 11 is 0. The number of benzene rings is 1. The van der Waals surface area contributed by atoms with Gasteiger partial charge in [0, 0.05) is 75.2 Å². The van der Waals surface area contributed by atoms with Crippen molar-refractivity contribution in [2.45, 2.75) is 32.4 Å². The number of piperazine rings is 1. The van der Waals surface area contributed by atoms with Gasteiger partial charge in [0.25, 0.3) is 5.91 Å². The van der Waals surface area contributed by atoms with Gasteiger partial charge in [0.1, 0.15) is 17.2 Å². The second kappa shape index (κ2) is 9.38. The Balaban J connectivity index is 1.39. The van der Waals surface area contributed by atoms with Crippen molar-refractivity contribution in [1.29, 1.82) is 0 Å². The number of carbonyl (C=O) groups excluding carboxylic acids is 1. The molecule has 10 heteroatoms. The summed E-state index contributed by atoms with van der Waals surface area (Å²) in [7, 11) is 0. The molecule has 35 heavy (non-hydrogen) atoms. The molecule has 1 aromatic carbocycles. The summed E-state index contributed by atoms with van der Waals surface area (Å²) in [5.41, 5.74) is 8.45.